The molecular weight excluding hydrogens is 330 g/mol. The fourth-order valence-corrected chi connectivity index (χ4v) is 4.85. The summed E-state index contributed by atoms with van der Waals surface area (Å²) in [5.41, 5.74) is 3.35. The monoisotopic (exact) mass is 363 g/mol. The Labute approximate surface area is 164 Å². The summed E-state index contributed by atoms with van der Waals surface area (Å²) in [6, 6.07) is 19.2. The number of benzene rings is 2. The van der Waals surface area contributed by atoms with Gasteiger partial charge in [0.2, 0.25) is 5.91 Å². The van der Waals surface area contributed by atoms with Crippen molar-refractivity contribution in [3.8, 4) is 0 Å². The first-order valence-corrected chi connectivity index (χ1v) is 10.4. The molecule has 0 saturated carbocycles. The first kappa shape index (κ1) is 19.7. The van der Waals surface area contributed by atoms with Crippen molar-refractivity contribution in [1.29, 1.82) is 0 Å². The highest BCUT2D eigenvalue weighted by atomic mass is 16.2. The molecule has 1 aliphatic rings. The first-order chi connectivity index (χ1) is 12.9. The molecular formula is C25H33NO. The molecule has 0 unspecified atom stereocenters. The van der Waals surface area contributed by atoms with Crippen LogP contribution >= 0.6 is 0 Å². The van der Waals surface area contributed by atoms with E-state index in [1.54, 1.807) is 0 Å². The zero-order valence-corrected chi connectivity index (χ0v) is 17.3. The van der Waals surface area contributed by atoms with Crippen LogP contribution in [0.4, 0.5) is 5.69 Å². The molecule has 0 bridgehead atoms. The van der Waals surface area contributed by atoms with E-state index in [0.29, 0.717) is 6.42 Å². The number of carbonyl (C=O) groups excluding carboxylic acids is 1. The molecule has 3 rings (SSSR count). The van der Waals surface area contributed by atoms with E-state index in [-0.39, 0.29) is 16.9 Å². The van der Waals surface area contributed by atoms with Gasteiger partial charge in [0.25, 0.3) is 0 Å². The van der Waals surface area contributed by atoms with Crippen LogP contribution < -0.4 is 4.90 Å². The van der Waals surface area contributed by atoms with Crippen molar-refractivity contribution < 1.29 is 4.79 Å². The highest BCUT2D eigenvalue weighted by Crippen LogP contribution is 2.50. The standard InChI is InChI=1S/C25H33NO/c1-5-6-7-11-18-23(27)26-22-17-13-12-16-21(22)25(4,19-24(26,2)3)20-14-9-8-10-15-20/h8-10,12-17H,5-7,11,18-19H2,1-4H3/t25-/m1/s1. The third-order valence-corrected chi connectivity index (χ3v) is 6.04. The lowest BCUT2D eigenvalue weighted by molar-refractivity contribution is -0.120. The summed E-state index contributed by atoms with van der Waals surface area (Å²) < 4.78 is 0. The Bertz CT molecular complexity index is 780. The van der Waals surface area contributed by atoms with Crippen LogP contribution in [0, 0.1) is 0 Å². The Morgan fingerprint density at radius 1 is 0.926 bits per heavy atom. The molecule has 1 aliphatic heterocycles. The summed E-state index contributed by atoms with van der Waals surface area (Å²) in [7, 11) is 0. The lowest BCUT2D eigenvalue weighted by Gasteiger charge is -2.51. The van der Waals surface area contributed by atoms with Crippen molar-refractivity contribution in [3.63, 3.8) is 0 Å². The van der Waals surface area contributed by atoms with Crippen LogP contribution in [0.3, 0.4) is 0 Å². The predicted octanol–water partition coefficient (Wildman–Crippen LogP) is 6.48. The van der Waals surface area contributed by atoms with Gasteiger partial charge in [-0.2, -0.15) is 0 Å². The number of hydrogen-bond donors (Lipinski definition) is 0. The van der Waals surface area contributed by atoms with Crippen LogP contribution in [0.25, 0.3) is 0 Å². The van der Waals surface area contributed by atoms with E-state index >= 15 is 0 Å². The number of carbonyl (C=O) groups is 1. The number of rotatable bonds is 6. The van der Waals surface area contributed by atoms with Crippen LogP contribution in [0.15, 0.2) is 54.6 Å². The molecule has 2 heteroatoms. The number of nitrogens with zero attached hydrogens (tertiary/aromatic N) is 1. The van der Waals surface area contributed by atoms with E-state index in [1.807, 2.05) is 0 Å². The molecule has 1 amide bonds. The fourth-order valence-electron chi connectivity index (χ4n) is 4.85. The van der Waals surface area contributed by atoms with Crippen LogP contribution in [-0.4, -0.2) is 11.4 Å². The van der Waals surface area contributed by atoms with Gasteiger partial charge in [0.05, 0.1) is 0 Å². The number of para-hydroxylation sites is 1. The summed E-state index contributed by atoms with van der Waals surface area (Å²) in [4.78, 5) is 15.3. The molecule has 2 nitrogen and oxygen atoms in total. The average molecular weight is 364 g/mol. The number of anilines is 1. The predicted molar refractivity (Wildman–Crippen MR) is 114 cm³/mol. The number of unbranched alkanes of at least 4 members (excludes halogenated alkanes) is 3. The second-order valence-electron chi connectivity index (χ2n) is 8.74. The summed E-state index contributed by atoms with van der Waals surface area (Å²) in [5.74, 6) is 0.263. The summed E-state index contributed by atoms with van der Waals surface area (Å²) in [6.07, 6.45) is 6.08. The quantitative estimate of drug-likeness (QED) is 0.538. The Balaban J connectivity index is 1.99. The number of fused-ring (bicyclic) bond motifs is 1. The van der Waals surface area contributed by atoms with Gasteiger partial charge < -0.3 is 4.90 Å². The topological polar surface area (TPSA) is 20.3 Å². The minimum absolute atomic E-state index is 0.0969. The second kappa shape index (κ2) is 7.88. The van der Waals surface area contributed by atoms with Gasteiger partial charge in [0.15, 0.2) is 0 Å². The Hall–Kier alpha value is -2.09. The molecule has 2 aromatic carbocycles. The van der Waals surface area contributed by atoms with Crippen molar-refractivity contribution in [1.82, 2.24) is 0 Å². The molecule has 0 saturated heterocycles. The van der Waals surface area contributed by atoms with E-state index < -0.39 is 0 Å². The van der Waals surface area contributed by atoms with Crippen molar-refractivity contribution >= 4 is 11.6 Å². The average Bonchev–Trinajstić information content (AvgIpc) is 2.65. The smallest absolute Gasteiger partial charge is 0.227 e. The van der Waals surface area contributed by atoms with Crippen LogP contribution in [0.1, 0.15) is 77.3 Å². The molecule has 2 aromatic rings. The van der Waals surface area contributed by atoms with Gasteiger partial charge in [-0.15, -0.1) is 0 Å². The van der Waals surface area contributed by atoms with Gasteiger partial charge in [0.1, 0.15) is 0 Å². The maximum atomic E-state index is 13.2. The fraction of sp³-hybridized carbons (Fsp3) is 0.480. The van der Waals surface area contributed by atoms with Gasteiger partial charge in [-0.3, -0.25) is 4.79 Å². The third-order valence-electron chi connectivity index (χ3n) is 6.04. The highest BCUT2D eigenvalue weighted by molar-refractivity contribution is 5.96. The zero-order chi connectivity index (χ0) is 19.5. The zero-order valence-electron chi connectivity index (χ0n) is 17.3. The Morgan fingerprint density at radius 2 is 1.59 bits per heavy atom. The number of hydrogen-bond acceptors (Lipinski definition) is 1. The van der Waals surface area contributed by atoms with E-state index in [1.165, 1.54) is 24.0 Å². The first-order valence-electron chi connectivity index (χ1n) is 10.4. The van der Waals surface area contributed by atoms with Gasteiger partial charge in [0, 0.05) is 23.1 Å². The minimum Gasteiger partial charge on any atom is -0.307 e. The van der Waals surface area contributed by atoms with Gasteiger partial charge in [-0.05, 0) is 43.9 Å². The molecule has 0 N–H and O–H groups in total. The Morgan fingerprint density at radius 3 is 2.30 bits per heavy atom. The SMILES string of the molecule is CCCCCCC(=O)N1c2ccccc2[C@@](C)(c2ccccc2)CC1(C)C. The molecule has 0 spiro atoms. The van der Waals surface area contributed by atoms with Gasteiger partial charge in [-0.25, -0.2) is 0 Å². The summed E-state index contributed by atoms with van der Waals surface area (Å²) in [6.45, 7) is 8.96. The van der Waals surface area contributed by atoms with Crippen LogP contribution in [0.2, 0.25) is 0 Å². The van der Waals surface area contributed by atoms with Gasteiger partial charge in [-0.1, -0.05) is 81.6 Å². The molecule has 1 atom stereocenters. The largest absolute Gasteiger partial charge is 0.307 e. The molecule has 0 aromatic heterocycles. The van der Waals surface area contributed by atoms with Crippen molar-refractivity contribution in [2.45, 2.75) is 77.2 Å². The van der Waals surface area contributed by atoms with E-state index in [0.717, 1.165) is 24.9 Å². The highest BCUT2D eigenvalue weighted by Gasteiger charge is 2.47. The molecule has 144 valence electrons. The summed E-state index contributed by atoms with van der Waals surface area (Å²) in [5, 5.41) is 0. The molecule has 1 heterocycles. The maximum absolute atomic E-state index is 13.2. The Kier molecular flexibility index (Phi) is 5.74. The van der Waals surface area contributed by atoms with Gasteiger partial charge >= 0.3 is 0 Å². The molecule has 27 heavy (non-hydrogen) atoms. The van der Waals surface area contributed by atoms with E-state index in [4.69, 9.17) is 0 Å². The summed E-state index contributed by atoms with van der Waals surface area (Å²) >= 11 is 0. The third kappa shape index (κ3) is 3.81. The van der Waals surface area contributed by atoms with Crippen LogP contribution in [-0.2, 0) is 10.2 Å². The minimum atomic E-state index is -0.221. The molecule has 0 radical (unpaired) electrons. The van der Waals surface area contributed by atoms with E-state index in [9.17, 15) is 4.79 Å². The van der Waals surface area contributed by atoms with Crippen LogP contribution in [0.5, 0.6) is 0 Å². The van der Waals surface area contributed by atoms with Crippen molar-refractivity contribution in [3.05, 3.63) is 65.7 Å². The molecule has 0 fully saturated rings. The van der Waals surface area contributed by atoms with E-state index in [2.05, 4.69) is 87.2 Å². The molecule has 0 aliphatic carbocycles. The lowest BCUT2D eigenvalue weighted by Crippen LogP contribution is -2.55. The normalized spacial score (nSPS) is 21.0. The maximum Gasteiger partial charge on any atom is 0.227 e. The van der Waals surface area contributed by atoms with Crippen molar-refractivity contribution in [2.75, 3.05) is 4.90 Å². The van der Waals surface area contributed by atoms with Crippen molar-refractivity contribution in [2.24, 2.45) is 0 Å². The lowest BCUT2D eigenvalue weighted by atomic mass is 9.65. The number of amides is 1. The second-order valence-corrected chi connectivity index (χ2v) is 8.74.